The van der Waals surface area contributed by atoms with E-state index in [0.29, 0.717) is 0 Å². The van der Waals surface area contributed by atoms with E-state index in [2.05, 4.69) is 5.32 Å². The molecule has 1 aromatic rings. The number of ether oxygens (including phenoxy) is 1. The average molecular weight is 262 g/mol. The van der Waals surface area contributed by atoms with Crippen LogP contribution >= 0.6 is 0 Å². The Morgan fingerprint density at radius 3 is 2.84 bits per heavy atom. The molecule has 104 valence electrons. The van der Waals surface area contributed by atoms with Crippen LogP contribution in [0.5, 0.6) is 0 Å². The van der Waals surface area contributed by atoms with Gasteiger partial charge >= 0.3 is 6.09 Å². The minimum absolute atomic E-state index is 0.124. The number of rotatable bonds is 1. The first-order valence-electron chi connectivity index (χ1n) is 6.73. The van der Waals surface area contributed by atoms with Crippen molar-refractivity contribution in [1.82, 2.24) is 0 Å². The second-order valence-electron chi connectivity index (χ2n) is 6.04. The zero-order valence-electron chi connectivity index (χ0n) is 11.8. The van der Waals surface area contributed by atoms with Crippen molar-refractivity contribution in [2.24, 2.45) is 5.73 Å². The SMILES string of the molecule is CC(C)(C)OC(=O)Nc1ccc2c(c1)CCCC2N. The fourth-order valence-electron chi connectivity index (χ4n) is 2.35. The van der Waals surface area contributed by atoms with Gasteiger partial charge in [-0.25, -0.2) is 4.79 Å². The highest BCUT2D eigenvalue weighted by Crippen LogP contribution is 2.29. The molecule has 3 N–H and O–H groups in total. The van der Waals surface area contributed by atoms with Gasteiger partial charge in [0.15, 0.2) is 0 Å². The molecule has 4 nitrogen and oxygen atoms in total. The zero-order chi connectivity index (χ0) is 14.0. The Bertz CT molecular complexity index is 478. The molecule has 1 aliphatic carbocycles. The summed E-state index contributed by atoms with van der Waals surface area (Å²) < 4.78 is 5.23. The topological polar surface area (TPSA) is 64.3 Å². The number of anilines is 1. The van der Waals surface area contributed by atoms with Crippen molar-refractivity contribution in [2.45, 2.75) is 51.7 Å². The van der Waals surface area contributed by atoms with Crippen molar-refractivity contribution in [1.29, 1.82) is 0 Å². The Balaban J connectivity index is 2.08. The summed E-state index contributed by atoms with van der Waals surface area (Å²) in [4.78, 5) is 11.7. The summed E-state index contributed by atoms with van der Waals surface area (Å²) in [5.41, 5.74) is 8.77. The van der Waals surface area contributed by atoms with E-state index in [0.717, 1.165) is 24.9 Å². The third-order valence-corrected chi connectivity index (χ3v) is 3.15. The summed E-state index contributed by atoms with van der Waals surface area (Å²) >= 11 is 0. The van der Waals surface area contributed by atoms with Crippen LogP contribution in [0.3, 0.4) is 0 Å². The molecular weight excluding hydrogens is 240 g/mol. The predicted molar refractivity (Wildman–Crippen MR) is 76.2 cm³/mol. The van der Waals surface area contributed by atoms with Crippen molar-refractivity contribution < 1.29 is 9.53 Å². The minimum atomic E-state index is -0.485. The molecular formula is C15H22N2O2. The van der Waals surface area contributed by atoms with Gasteiger partial charge in [0.2, 0.25) is 0 Å². The molecule has 0 aromatic heterocycles. The first kappa shape index (κ1) is 13.9. The van der Waals surface area contributed by atoms with Gasteiger partial charge in [0, 0.05) is 11.7 Å². The number of aryl methyl sites for hydroxylation is 1. The molecule has 4 heteroatoms. The van der Waals surface area contributed by atoms with E-state index in [1.54, 1.807) is 0 Å². The highest BCUT2D eigenvalue weighted by Gasteiger charge is 2.19. The van der Waals surface area contributed by atoms with Crippen LogP contribution in [0.25, 0.3) is 0 Å². The van der Waals surface area contributed by atoms with Crippen LogP contribution < -0.4 is 11.1 Å². The first-order chi connectivity index (χ1) is 8.85. The van der Waals surface area contributed by atoms with Gasteiger partial charge in [-0.2, -0.15) is 0 Å². The van der Waals surface area contributed by atoms with Crippen molar-refractivity contribution in [3.63, 3.8) is 0 Å². The Labute approximate surface area is 114 Å². The summed E-state index contributed by atoms with van der Waals surface area (Å²) in [6.07, 6.45) is 2.73. The molecule has 0 saturated heterocycles. The lowest BCUT2D eigenvalue weighted by Gasteiger charge is -2.23. The van der Waals surface area contributed by atoms with Gasteiger partial charge in [-0.15, -0.1) is 0 Å². The molecule has 1 aliphatic rings. The molecule has 0 fully saturated rings. The van der Waals surface area contributed by atoms with E-state index < -0.39 is 11.7 Å². The normalized spacial score (nSPS) is 18.6. The Kier molecular flexibility index (Phi) is 3.80. The molecule has 0 spiro atoms. The molecule has 0 bridgehead atoms. The van der Waals surface area contributed by atoms with Crippen LogP contribution in [0.4, 0.5) is 10.5 Å². The van der Waals surface area contributed by atoms with E-state index in [9.17, 15) is 4.79 Å². The number of nitrogens with two attached hydrogens (primary N) is 1. The maximum atomic E-state index is 11.7. The maximum Gasteiger partial charge on any atom is 0.412 e. The van der Waals surface area contributed by atoms with Crippen molar-refractivity contribution in [2.75, 3.05) is 5.32 Å². The highest BCUT2D eigenvalue weighted by molar-refractivity contribution is 5.85. The van der Waals surface area contributed by atoms with Gasteiger partial charge in [-0.1, -0.05) is 6.07 Å². The second-order valence-corrected chi connectivity index (χ2v) is 6.04. The van der Waals surface area contributed by atoms with Crippen LogP contribution in [-0.4, -0.2) is 11.7 Å². The van der Waals surface area contributed by atoms with Crippen LogP contribution in [0.15, 0.2) is 18.2 Å². The lowest BCUT2D eigenvalue weighted by atomic mass is 9.88. The lowest BCUT2D eigenvalue weighted by Crippen LogP contribution is -2.27. The van der Waals surface area contributed by atoms with Gasteiger partial charge < -0.3 is 10.5 Å². The van der Waals surface area contributed by atoms with Gasteiger partial charge in [0.05, 0.1) is 0 Å². The summed E-state index contributed by atoms with van der Waals surface area (Å²) in [5.74, 6) is 0. The van der Waals surface area contributed by atoms with Gasteiger partial charge in [-0.3, -0.25) is 5.32 Å². The molecule has 19 heavy (non-hydrogen) atoms. The highest BCUT2D eigenvalue weighted by atomic mass is 16.6. The number of nitrogens with one attached hydrogen (secondary N) is 1. The standard InChI is InChI=1S/C15H22N2O2/c1-15(2,3)19-14(18)17-11-7-8-12-10(9-11)5-4-6-13(12)16/h7-9,13H,4-6,16H2,1-3H3,(H,17,18). The number of amides is 1. The molecule has 0 saturated carbocycles. The number of hydrogen-bond donors (Lipinski definition) is 2. The summed E-state index contributed by atoms with van der Waals surface area (Å²) in [6, 6.07) is 6.01. The number of carbonyl (C=O) groups is 1. The van der Waals surface area contributed by atoms with Crippen molar-refractivity contribution in [3.05, 3.63) is 29.3 Å². The maximum absolute atomic E-state index is 11.7. The molecule has 1 aromatic carbocycles. The molecule has 2 rings (SSSR count). The van der Waals surface area contributed by atoms with Crippen molar-refractivity contribution >= 4 is 11.8 Å². The van der Waals surface area contributed by atoms with Crippen LogP contribution in [0.2, 0.25) is 0 Å². The predicted octanol–water partition coefficient (Wildman–Crippen LogP) is 3.37. The largest absolute Gasteiger partial charge is 0.444 e. The van der Waals surface area contributed by atoms with E-state index in [-0.39, 0.29) is 6.04 Å². The van der Waals surface area contributed by atoms with Crippen LogP contribution in [0.1, 0.15) is 50.8 Å². The number of hydrogen-bond acceptors (Lipinski definition) is 3. The molecule has 1 atom stereocenters. The Morgan fingerprint density at radius 2 is 2.16 bits per heavy atom. The van der Waals surface area contributed by atoms with E-state index in [4.69, 9.17) is 10.5 Å². The summed E-state index contributed by atoms with van der Waals surface area (Å²) in [7, 11) is 0. The Morgan fingerprint density at radius 1 is 1.42 bits per heavy atom. The third kappa shape index (κ3) is 3.70. The molecule has 0 heterocycles. The van der Waals surface area contributed by atoms with Crippen LogP contribution in [0, 0.1) is 0 Å². The lowest BCUT2D eigenvalue weighted by molar-refractivity contribution is 0.0636. The van der Waals surface area contributed by atoms with Crippen LogP contribution in [-0.2, 0) is 11.2 Å². The first-order valence-corrected chi connectivity index (χ1v) is 6.73. The number of fused-ring (bicyclic) bond motifs is 1. The molecule has 0 radical (unpaired) electrons. The van der Waals surface area contributed by atoms with E-state index in [1.165, 1.54) is 11.1 Å². The third-order valence-electron chi connectivity index (χ3n) is 3.15. The summed E-state index contributed by atoms with van der Waals surface area (Å²) in [5, 5.41) is 2.76. The van der Waals surface area contributed by atoms with E-state index >= 15 is 0 Å². The van der Waals surface area contributed by atoms with Gasteiger partial charge in [0.1, 0.15) is 5.60 Å². The van der Waals surface area contributed by atoms with Gasteiger partial charge in [0.25, 0.3) is 0 Å². The molecule has 1 unspecified atom stereocenters. The fourth-order valence-corrected chi connectivity index (χ4v) is 2.35. The summed E-state index contributed by atoms with van der Waals surface area (Å²) in [6.45, 7) is 5.54. The monoisotopic (exact) mass is 262 g/mol. The van der Waals surface area contributed by atoms with Gasteiger partial charge in [-0.05, 0) is 63.3 Å². The Hall–Kier alpha value is -1.55. The fraction of sp³-hybridized carbons (Fsp3) is 0.533. The molecule has 1 amide bonds. The smallest absolute Gasteiger partial charge is 0.412 e. The number of benzene rings is 1. The second kappa shape index (κ2) is 5.21. The average Bonchev–Trinajstić information content (AvgIpc) is 2.26. The zero-order valence-corrected chi connectivity index (χ0v) is 11.8. The number of carbonyl (C=O) groups excluding carboxylic acids is 1. The van der Waals surface area contributed by atoms with Crippen molar-refractivity contribution in [3.8, 4) is 0 Å². The molecule has 0 aliphatic heterocycles. The quantitative estimate of drug-likeness (QED) is 0.815. The minimum Gasteiger partial charge on any atom is -0.444 e. The van der Waals surface area contributed by atoms with E-state index in [1.807, 2.05) is 39.0 Å².